The molecule has 3 aromatic carbocycles. The predicted molar refractivity (Wildman–Crippen MR) is 134 cm³/mol. The van der Waals surface area contributed by atoms with Crippen molar-refractivity contribution in [2.75, 3.05) is 20.3 Å². The minimum atomic E-state index is -0.671. The van der Waals surface area contributed by atoms with Crippen molar-refractivity contribution < 1.29 is 33.0 Å². The van der Waals surface area contributed by atoms with Gasteiger partial charge in [0.15, 0.2) is 11.5 Å². The van der Waals surface area contributed by atoms with Crippen LogP contribution < -0.4 is 14.2 Å². The summed E-state index contributed by atoms with van der Waals surface area (Å²) in [5, 5.41) is -0.379. The van der Waals surface area contributed by atoms with Crippen molar-refractivity contribution in [1.82, 2.24) is 4.90 Å². The van der Waals surface area contributed by atoms with Gasteiger partial charge in [-0.2, -0.15) is 0 Å². The van der Waals surface area contributed by atoms with Crippen LogP contribution in [0.15, 0.2) is 71.6 Å². The highest BCUT2D eigenvalue weighted by molar-refractivity contribution is 8.18. The first-order valence-corrected chi connectivity index (χ1v) is 11.8. The number of methoxy groups -OCH3 is 1. The number of imide groups is 1. The van der Waals surface area contributed by atoms with Crippen LogP contribution in [-0.4, -0.2) is 42.3 Å². The molecule has 1 aliphatic heterocycles. The zero-order chi connectivity index (χ0) is 25.7. The van der Waals surface area contributed by atoms with Crippen LogP contribution in [0.25, 0.3) is 6.08 Å². The van der Waals surface area contributed by atoms with E-state index in [4.69, 9.17) is 14.2 Å². The van der Waals surface area contributed by atoms with E-state index >= 15 is 0 Å². The summed E-state index contributed by atoms with van der Waals surface area (Å²) in [5.41, 5.74) is 1.81. The third-order valence-electron chi connectivity index (χ3n) is 5.21. The molecule has 1 aliphatic rings. The lowest BCUT2D eigenvalue weighted by Gasteiger charge is -2.13. The maximum absolute atomic E-state index is 13.1. The summed E-state index contributed by atoms with van der Waals surface area (Å²) in [7, 11) is 1.41. The van der Waals surface area contributed by atoms with Crippen LogP contribution in [0, 0.1) is 12.7 Å². The van der Waals surface area contributed by atoms with Crippen molar-refractivity contribution in [2.24, 2.45) is 0 Å². The average Bonchev–Trinajstić information content (AvgIpc) is 3.12. The van der Waals surface area contributed by atoms with Crippen molar-refractivity contribution in [2.45, 2.75) is 6.92 Å². The van der Waals surface area contributed by atoms with Gasteiger partial charge in [0, 0.05) is 0 Å². The SMILES string of the molecule is COc1cc(/C=C2\SC(=O)N(CCOc3cccc(C)c3)C2=O)ccc1OC(=O)c1ccc(F)cc1. The Morgan fingerprint density at radius 3 is 2.53 bits per heavy atom. The second-order valence-electron chi connectivity index (χ2n) is 7.81. The largest absolute Gasteiger partial charge is 0.493 e. The Hall–Kier alpha value is -4.11. The van der Waals surface area contributed by atoms with Gasteiger partial charge in [-0.1, -0.05) is 18.2 Å². The third-order valence-corrected chi connectivity index (χ3v) is 6.12. The normalized spacial score (nSPS) is 14.3. The van der Waals surface area contributed by atoms with Crippen molar-refractivity contribution in [3.63, 3.8) is 0 Å². The molecule has 1 saturated heterocycles. The van der Waals surface area contributed by atoms with E-state index in [2.05, 4.69) is 0 Å². The summed E-state index contributed by atoms with van der Waals surface area (Å²) >= 11 is 0.838. The van der Waals surface area contributed by atoms with Gasteiger partial charge >= 0.3 is 5.97 Å². The maximum Gasteiger partial charge on any atom is 0.343 e. The van der Waals surface area contributed by atoms with E-state index in [9.17, 15) is 18.8 Å². The topological polar surface area (TPSA) is 82.1 Å². The summed E-state index contributed by atoms with van der Waals surface area (Å²) in [6, 6.07) is 17.2. The van der Waals surface area contributed by atoms with Gasteiger partial charge in [0.05, 0.1) is 24.1 Å². The van der Waals surface area contributed by atoms with E-state index in [0.29, 0.717) is 11.3 Å². The Kier molecular flexibility index (Phi) is 7.70. The number of ether oxygens (including phenoxy) is 3. The Balaban J connectivity index is 1.42. The van der Waals surface area contributed by atoms with Crippen LogP contribution >= 0.6 is 11.8 Å². The van der Waals surface area contributed by atoms with E-state index in [-0.39, 0.29) is 40.4 Å². The highest BCUT2D eigenvalue weighted by atomic mass is 32.2. The first-order chi connectivity index (χ1) is 17.3. The number of carbonyl (C=O) groups is 3. The van der Waals surface area contributed by atoms with Crippen LogP contribution in [0.3, 0.4) is 0 Å². The van der Waals surface area contributed by atoms with Gasteiger partial charge in [-0.15, -0.1) is 0 Å². The second kappa shape index (κ2) is 11.1. The van der Waals surface area contributed by atoms with Crippen LogP contribution in [0.2, 0.25) is 0 Å². The fourth-order valence-corrected chi connectivity index (χ4v) is 4.27. The molecule has 1 fully saturated rings. The molecule has 0 N–H and O–H groups in total. The summed E-state index contributed by atoms with van der Waals surface area (Å²) in [4.78, 5) is 39.0. The summed E-state index contributed by atoms with van der Waals surface area (Å²) in [6.45, 7) is 2.25. The quantitative estimate of drug-likeness (QED) is 0.227. The zero-order valence-electron chi connectivity index (χ0n) is 19.5. The average molecular weight is 508 g/mol. The molecule has 0 bridgehead atoms. The number of carbonyl (C=O) groups excluding carboxylic acids is 3. The number of thioether (sulfide) groups is 1. The monoisotopic (exact) mass is 507 g/mol. The van der Waals surface area contributed by atoms with Gasteiger partial charge < -0.3 is 14.2 Å². The van der Waals surface area contributed by atoms with Gasteiger partial charge in [-0.05, 0) is 84.4 Å². The van der Waals surface area contributed by atoms with E-state index in [1.165, 1.54) is 37.4 Å². The van der Waals surface area contributed by atoms with Crippen molar-refractivity contribution >= 4 is 35.0 Å². The van der Waals surface area contributed by atoms with Crippen molar-refractivity contribution in [3.8, 4) is 17.2 Å². The molecule has 0 radical (unpaired) electrons. The number of esters is 1. The highest BCUT2D eigenvalue weighted by Gasteiger charge is 2.34. The fraction of sp³-hybridized carbons (Fsp3) is 0.148. The molecule has 184 valence electrons. The van der Waals surface area contributed by atoms with Gasteiger partial charge in [0.25, 0.3) is 11.1 Å². The number of rotatable bonds is 8. The zero-order valence-corrected chi connectivity index (χ0v) is 20.3. The van der Waals surface area contributed by atoms with Gasteiger partial charge in [-0.25, -0.2) is 9.18 Å². The summed E-state index contributed by atoms with van der Waals surface area (Å²) in [5.74, 6) is -0.462. The molecule has 3 aromatic rings. The number of aryl methyl sites for hydroxylation is 1. The van der Waals surface area contributed by atoms with Crippen molar-refractivity contribution in [1.29, 1.82) is 0 Å². The van der Waals surface area contributed by atoms with Gasteiger partial charge in [0.2, 0.25) is 0 Å². The molecule has 0 atom stereocenters. The molecule has 2 amide bonds. The molecule has 0 unspecified atom stereocenters. The van der Waals surface area contributed by atoms with Crippen LogP contribution in [0.4, 0.5) is 9.18 Å². The molecule has 0 aliphatic carbocycles. The minimum Gasteiger partial charge on any atom is -0.493 e. The van der Waals surface area contributed by atoms with E-state index in [0.717, 1.165) is 22.2 Å². The molecule has 0 saturated carbocycles. The summed E-state index contributed by atoms with van der Waals surface area (Å²) in [6.07, 6.45) is 1.57. The van der Waals surface area contributed by atoms with Gasteiger partial charge in [0.1, 0.15) is 18.2 Å². The third kappa shape index (κ3) is 5.92. The Morgan fingerprint density at radius 1 is 1.03 bits per heavy atom. The Labute approximate surface area is 211 Å². The first kappa shape index (κ1) is 25.0. The molecule has 7 nitrogen and oxygen atoms in total. The molecule has 9 heteroatoms. The second-order valence-corrected chi connectivity index (χ2v) is 8.80. The number of hydrogen-bond acceptors (Lipinski definition) is 7. The van der Waals surface area contributed by atoms with E-state index < -0.39 is 17.7 Å². The number of hydrogen-bond donors (Lipinski definition) is 0. The lowest BCUT2D eigenvalue weighted by molar-refractivity contribution is -0.123. The Morgan fingerprint density at radius 2 is 1.81 bits per heavy atom. The molecule has 0 aromatic heterocycles. The van der Waals surface area contributed by atoms with Gasteiger partial charge in [-0.3, -0.25) is 14.5 Å². The molecule has 0 spiro atoms. The highest BCUT2D eigenvalue weighted by Crippen LogP contribution is 2.34. The Bertz CT molecular complexity index is 1340. The number of nitrogens with zero attached hydrogens (tertiary/aromatic N) is 1. The van der Waals surface area contributed by atoms with E-state index in [1.807, 2.05) is 31.2 Å². The van der Waals surface area contributed by atoms with Crippen molar-refractivity contribution in [3.05, 3.63) is 94.1 Å². The van der Waals surface area contributed by atoms with Crippen LogP contribution in [0.1, 0.15) is 21.5 Å². The van der Waals surface area contributed by atoms with E-state index in [1.54, 1.807) is 18.2 Å². The number of halogens is 1. The van der Waals surface area contributed by atoms with Crippen LogP contribution in [-0.2, 0) is 4.79 Å². The maximum atomic E-state index is 13.1. The molecule has 36 heavy (non-hydrogen) atoms. The lowest BCUT2D eigenvalue weighted by atomic mass is 10.1. The molecular weight excluding hydrogens is 485 g/mol. The molecule has 1 heterocycles. The lowest BCUT2D eigenvalue weighted by Crippen LogP contribution is -2.32. The number of benzene rings is 3. The van der Waals surface area contributed by atoms with Crippen LogP contribution in [0.5, 0.6) is 17.2 Å². The molecule has 4 rings (SSSR count). The minimum absolute atomic E-state index is 0.123. The standard InChI is InChI=1S/C27H22FNO6S/c1-17-4-3-5-21(14-17)34-13-12-29-25(30)24(36-27(29)32)16-18-6-11-22(23(15-18)33-2)35-26(31)19-7-9-20(28)10-8-19/h3-11,14-16H,12-13H2,1-2H3/b24-16-. The number of amides is 2. The fourth-order valence-electron chi connectivity index (χ4n) is 3.41. The first-order valence-electron chi connectivity index (χ1n) is 10.9. The summed E-state index contributed by atoms with van der Waals surface area (Å²) < 4.78 is 29.5. The molecular formula is C27H22FNO6S. The predicted octanol–water partition coefficient (Wildman–Crippen LogP) is 5.48. The smallest absolute Gasteiger partial charge is 0.343 e.